The van der Waals surface area contributed by atoms with Crippen molar-refractivity contribution in [1.29, 1.82) is 0 Å². The van der Waals surface area contributed by atoms with Crippen molar-refractivity contribution in [2.24, 2.45) is 17.8 Å². The van der Waals surface area contributed by atoms with Crippen molar-refractivity contribution in [3.63, 3.8) is 0 Å². The van der Waals surface area contributed by atoms with E-state index < -0.39 is 11.9 Å². The molecule has 3 fully saturated rings. The first-order chi connectivity index (χ1) is 11.9. The van der Waals surface area contributed by atoms with Gasteiger partial charge in [0, 0.05) is 30.3 Å². The highest BCUT2D eigenvalue weighted by molar-refractivity contribution is 7.09. The van der Waals surface area contributed by atoms with Crippen LogP contribution in [0.15, 0.2) is 5.38 Å². The smallest absolute Gasteiger partial charge is 0.342 e. The Labute approximate surface area is 149 Å². The van der Waals surface area contributed by atoms with Crippen molar-refractivity contribution >= 4 is 17.2 Å². The molecule has 2 heterocycles. The summed E-state index contributed by atoms with van der Waals surface area (Å²) in [6.45, 7) is 1.30. The first-order valence-corrected chi connectivity index (χ1v) is 10.1. The molecule has 25 heavy (non-hydrogen) atoms. The number of nitrogens with zero attached hydrogens (tertiary/aromatic N) is 2. The zero-order chi connectivity index (χ0) is 17.6. The van der Waals surface area contributed by atoms with Gasteiger partial charge in [-0.25, -0.2) is 4.98 Å². The van der Waals surface area contributed by atoms with E-state index in [0.29, 0.717) is 24.0 Å². The number of carbonyl (C=O) groups excluding carboxylic acids is 1. The highest BCUT2D eigenvalue weighted by Crippen LogP contribution is 2.51. The summed E-state index contributed by atoms with van der Waals surface area (Å²) < 4.78 is 38.1. The Morgan fingerprint density at radius 1 is 1.16 bits per heavy atom. The maximum absolute atomic E-state index is 12.7. The Kier molecular flexibility index (Phi) is 4.54. The molecule has 3 aliphatic rings. The van der Waals surface area contributed by atoms with Gasteiger partial charge in [-0.15, -0.1) is 11.3 Å². The van der Waals surface area contributed by atoms with Crippen LogP contribution < -0.4 is 0 Å². The minimum atomic E-state index is -4.37. The summed E-state index contributed by atoms with van der Waals surface area (Å²) >= 11 is 1.09. The summed E-state index contributed by atoms with van der Waals surface area (Å²) in [4.78, 5) is 18.4. The third-order valence-electron chi connectivity index (χ3n) is 6.13. The van der Waals surface area contributed by atoms with Crippen LogP contribution in [0.3, 0.4) is 0 Å². The number of carbonyl (C=O) groups is 1. The van der Waals surface area contributed by atoms with E-state index in [-0.39, 0.29) is 17.7 Å². The van der Waals surface area contributed by atoms with E-state index in [4.69, 9.17) is 0 Å². The molecule has 0 spiro atoms. The third kappa shape index (κ3) is 3.57. The number of aromatic nitrogens is 1. The monoisotopic (exact) mass is 372 g/mol. The summed E-state index contributed by atoms with van der Waals surface area (Å²) in [5.41, 5.74) is -0.789. The number of alkyl halides is 3. The van der Waals surface area contributed by atoms with Crippen LogP contribution in [0.1, 0.15) is 61.6 Å². The van der Waals surface area contributed by atoms with Gasteiger partial charge in [-0.05, 0) is 31.1 Å². The molecule has 0 radical (unpaired) electrons. The van der Waals surface area contributed by atoms with Gasteiger partial charge >= 0.3 is 6.18 Å². The van der Waals surface area contributed by atoms with E-state index in [9.17, 15) is 18.0 Å². The molecule has 1 aromatic rings. The highest BCUT2D eigenvalue weighted by atomic mass is 32.1. The van der Waals surface area contributed by atoms with Gasteiger partial charge in [-0.3, -0.25) is 4.79 Å². The van der Waals surface area contributed by atoms with Crippen molar-refractivity contribution in [2.75, 3.05) is 13.1 Å². The molecule has 2 saturated carbocycles. The van der Waals surface area contributed by atoms with Crippen LogP contribution in [0.2, 0.25) is 0 Å². The second-order valence-corrected chi connectivity index (χ2v) is 8.61. The summed E-state index contributed by atoms with van der Waals surface area (Å²) in [6.07, 6.45) is 3.29. The molecular weight excluding hydrogens is 349 g/mol. The van der Waals surface area contributed by atoms with Crippen LogP contribution in [-0.4, -0.2) is 28.9 Å². The molecule has 138 valence electrons. The van der Waals surface area contributed by atoms with Gasteiger partial charge in [0.1, 0.15) is 0 Å². The SMILES string of the molecule is O=C(C1CC1C1CCCC1)N1CCC(c2nc(C(F)(F)F)cs2)CC1. The van der Waals surface area contributed by atoms with Gasteiger partial charge in [0.25, 0.3) is 0 Å². The first-order valence-electron chi connectivity index (χ1n) is 9.25. The molecule has 2 unspecified atom stereocenters. The van der Waals surface area contributed by atoms with Crippen molar-refractivity contribution in [3.8, 4) is 0 Å². The fourth-order valence-corrected chi connectivity index (χ4v) is 5.59. The zero-order valence-electron chi connectivity index (χ0n) is 14.1. The number of halogens is 3. The maximum Gasteiger partial charge on any atom is 0.434 e. The Hall–Kier alpha value is -1.11. The Morgan fingerprint density at radius 2 is 1.84 bits per heavy atom. The van der Waals surface area contributed by atoms with E-state index in [1.54, 1.807) is 0 Å². The molecule has 3 nitrogen and oxygen atoms in total. The molecule has 1 aromatic heterocycles. The molecule has 1 aliphatic heterocycles. The minimum absolute atomic E-state index is 0.0509. The van der Waals surface area contributed by atoms with E-state index in [1.165, 1.54) is 25.7 Å². The average Bonchev–Trinajstić information content (AvgIpc) is 3.03. The minimum Gasteiger partial charge on any atom is -0.342 e. The normalized spacial score (nSPS) is 28.5. The van der Waals surface area contributed by atoms with Crippen molar-refractivity contribution in [1.82, 2.24) is 9.88 Å². The van der Waals surface area contributed by atoms with Crippen LogP contribution in [0, 0.1) is 17.8 Å². The molecule has 0 N–H and O–H groups in total. The van der Waals surface area contributed by atoms with Crippen LogP contribution in [0.4, 0.5) is 13.2 Å². The summed E-state index contributed by atoms with van der Waals surface area (Å²) in [6, 6.07) is 0. The Balaban J connectivity index is 1.30. The first kappa shape index (κ1) is 17.3. The molecule has 7 heteroatoms. The lowest BCUT2D eigenvalue weighted by Gasteiger charge is -2.31. The van der Waals surface area contributed by atoms with Gasteiger partial charge in [0.05, 0.1) is 5.01 Å². The molecule has 0 aromatic carbocycles. The summed E-state index contributed by atoms with van der Waals surface area (Å²) in [7, 11) is 0. The second-order valence-electron chi connectivity index (χ2n) is 7.72. The zero-order valence-corrected chi connectivity index (χ0v) is 14.9. The molecule has 2 atom stereocenters. The summed E-state index contributed by atoms with van der Waals surface area (Å²) in [5.74, 6) is 1.90. The van der Waals surface area contributed by atoms with Crippen LogP contribution >= 0.6 is 11.3 Å². The Morgan fingerprint density at radius 3 is 2.44 bits per heavy atom. The van der Waals surface area contributed by atoms with E-state index in [2.05, 4.69) is 4.98 Å². The molecule has 1 saturated heterocycles. The molecular formula is C18H23F3N2OS. The predicted octanol–water partition coefficient (Wildman–Crippen LogP) is 4.69. The number of amides is 1. The van der Waals surface area contributed by atoms with E-state index in [1.807, 2.05) is 4.90 Å². The van der Waals surface area contributed by atoms with Gasteiger partial charge in [-0.1, -0.05) is 25.7 Å². The van der Waals surface area contributed by atoms with Crippen LogP contribution in [-0.2, 0) is 11.0 Å². The van der Waals surface area contributed by atoms with Crippen molar-refractivity contribution in [3.05, 3.63) is 16.1 Å². The molecule has 1 amide bonds. The van der Waals surface area contributed by atoms with Crippen LogP contribution in [0.5, 0.6) is 0 Å². The number of piperidine rings is 1. The largest absolute Gasteiger partial charge is 0.434 e. The highest BCUT2D eigenvalue weighted by Gasteiger charge is 2.49. The van der Waals surface area contributed by atoms with Crippen LogP contribution in [0.25, 0.3) is 0 Å². The fourth-order valence-electron chi connectivity index (χ4n) is 4.59. The lowest BCUT2D eigenvalue weighted by molar-refractivity contribution is -0.140. The molecule has 0 bridgehead atoms. The number of hydrogen-bond acceptors (Lipinski definition) is 3. The number of thiazole rings is 1. The lowest BCUT2D eigenvalue weighted by Crippen LogP contribution is -2.39. The average molecular weight is 372 g/mol. The predicted molar refractivity (Wildman–Crippen MR) is 89.2 cm³/mol. The Bertz CT molecular complexity index is 631. The number of rotatable bonds is 3. The van der Waals surface area contributed by atoms with Gasteiger partial charge in [0.15, 0.2) is 5.69 Å². The van der Waals surface area contributed by atoms with Gasteiger partial charge in [-0.2, -0.15) is 13.2 Å². The fraction of sp³-hybridized carbons (Fsp3) is 0.778. The van der Waals surface area contributed by atoms with Crippen molar-refractivity contribution in [2.45, 2.75) is 57.0 Å². The quantitative estimate of drug-likeness (QED) is 0.771. The molecule has 2 aliphatic carbocycles. The van der Waals surface area contributed by atoms with Crippen molar-refractivity contribution < 1.29 is 18.0 Å². The van der Waals surface area contributed by atoms with Gasteiger partial charge < -0.3 is 4.90 Å². The van der Waals surface area contributed by atoms with E-state index in [0.717, 1.165) is 41.9 Å². The lowest BCUT2D eigenvalue weighted by atomic mass is 9.96. The van der Waals surface area contributed by atoms with Gasteiger partial charge in [0.2, 0.25) is 5.91 Å². The number of hydrogen-bond donors (Lipinski definition) is 0. The second kappa shape index (κ2) is 6.56. The summed E-state index contributed by atoms with van der Waals surface area (Å²) in [5, 5.41) is 1.66. The maximum atomic E-state index is 12.7. The number of likely N-dealkylation sites (tertiary alicyclic amines) is 1. The topological polar surface area (TPSA) is 33.2 Å². The third-order valence-corrected chi connectivity index (χ3v) is 7.14. The molecule has 4 rings (SSSR count). The standard InChI is InChI=1S/C18H23F3N2OS/c19-18(20,21)15-10-25-16(22-15)12-5-7-23(8-6-12)17(24)14-9-13(14)11-3-1-2-4-11/h10-14H,1-9H2. The van der Waals surface area contributed by atoms with E-state index >= 15 is 0 Å².